The Morgan fingerprint density at radius 3 is 2.39 bits per heavy atom. The maximum absolute atomic E-state index is 12.2. The molecule has 0 spiro atoms. The molecule has 2 N–H and O–H groups in total. The smallest absolute Gasteiger partial charge is 0.407 e. The van der Waals surface area contributed by atoms with E-state index in [1.54, 1.807) is 31.3 Å². The molecule has 0 aromatic heterocycles. The van der Waals surface area contributed by atoms with Crippen LogP contribution in [-0.2, 0) is 21.3 Å². The zero-order valence-electron chi connectivity index (χ0n) is 19.0. The predicted octanol–water partition coefficient (Wildman–Crippen LogP) is 2.23. The molecule has 11 heteroatoms. The number of aliphatic imine (C=N–C) groups is 1. The minimum absolute atomic E-state index is 0. The van der Waals surface area contributed by atoms with Crippen LogP contribution in [0, 0.1) is 0 Å². The molecule has 1 heterocycles. The second-order valence-corrected chi connectivity index (χ2v) is 10.6. The van der Waals surface area contributed by atoms with E-state index in [1.165, 1.54) is 18.4 Å². The average Bonchev–Trinajstić information content (AvgIpc) is 3.09. The normalized spacial score (nSPS) is 17.3. The Hall–Kier alpha value is -1.60. The van der Waals surface area contributed by atoms with Gasteiger partial charge in [-0.1, -0.05) is 12.1 Å². The molecule has 0 aliphatic carbocycles. The van der Waals surface area contributed by atoms with Crippen LogP contribution in [-0.4, -0.2) is 75.6 Å². The molecular weight excluding hydrogens is 533 g/mol. The van der Waals surface area contributed by atoms with E-state index in [0.717, 1.165) is 24.5 Å². The minimum Gasteiger partial charge on any atom is -0.444 e. The monoisotopic (exact) mass is 567 g/mol. The van der Waals surface area contributed by atoms with Crippen LogP contribution in [0.4, 0.5) is 4.79 Å². The second kappa shape index (κ2) is 11.3. The number of guanidine groups is 1. The van der Waals surface area contributed by atoms with Crippen LogP contribution < -0.4 is 10.6 Å². The number of carbonyl (C=O) groups is 1. The van der Waals surface area contributed by atoms with Crippen molar-refractivity contribution >= 4 is 46.1 Å². The molecule has 1 atom stereocenters. The molecule has 1 aromatic carbocycles. The quantitative estimate of drug-likeness (QED) is 0.322. The van der Waals surface area contributed by atoms with Crippen molar-refractivity contribution in [1.82, 2.24) is 19.8 Å². The summed E-state index contributed by atoms with van der Waals surface area (Å²) < 4.78 is 30.8. The molecule has 176 valence electrons. The first-order valence-corrected chi connectivity index (χ1v) is 11.3. The Kier molecular flexibility index (Phi) is 10.0. The number of benzene rings is 1. The fourth-order valence-corrected chi connectivity index (χ4v) is 3.95. The third-order valence-electron chi connectivity index (χ3n) is 4.57. The molecule has 1 aliphatic heterocycles. The van der Waals surface area contributed by atoms with Crippen molar-refractivity contribution in [3.05, 3.63) is 29.8 Å². The highest BCUT2D eigenvalue weighted by atomic mass is 127. The van der Waals surface area contributed by atoms with Gasteiger partial charge in [0.2, 0.25) is 10.0 Å². The summed E-state index contributed by atoms with van der Waals surface area (Å²) in [5.41, 5.74) is 0.415. The fraction of sp³-hybridized carbons (Fsp3) is 0.600. The Morgan fingerprint density at radius 2 is 1.87 bits per heavy atom. The Bertz CT molecular complexity index is 867. The van der Waals surface area contributed by atoms with Crippen LogP contribution in [0.15, 0.2) is 34.2 Å². The highest BCUT2D eigenvalue weighted by molar-refractivity contribution is 14.0. The fourth-order valence-electron chi connectivity index (χ4n) is 3.05. The van der Waals surface area contributed by atoms with Crippen LogP contribution in [0.5, 0.6) is 0 Å². The average molecular weight is 567 g/mol. The van der Waals surface area contributed by atoms with Crippen molar-refractivity contribution in [1.29, 1.82) is 0 Å². The molecule has 1 saturated heterocycles. The lowest BCUT2D eigenvalue weighted by molar-refractivity contribution is 0.0507. The van der Waals surface area contributed by atoms with Gasteiger partial charge in [-0.2, -0.15) is 0 Å². The second-order valence-electron chi connectivity index (χ2n) is 8.41. The van der Waals surface area contributed by atoms with Gasteiger partial charge in [-0.25, -0.2) is 17.5 Å². The minimum atomic E-state index is -3.43. The molecule has 1 amide bonds. The van der Waals surface area contributed by atoms with Gasteiger partial charge < -0.3 is 20.3 Å². The number of ether oxygens (including phenoxy) is 1. The van der Waals surface area contributed by atoms with Gasteiger partial charge in [0.15, 0.2) is 5.96 Å². The van der Waals surface area contributed by atoms with Gasteiger partial charge in [0.25, 0.3) is 0 Å². The number of nitrogens with zero attached hydrogens (tertiary/aromatic N) is 3. The van der Waals surface area contributed by atoms with Crippen molar-refractivity contribution in [2.45, 2.75) is 50.3 Å². The highest BCUT2D eigenvalue weighted by Gasteiger charge is 2.27. The number of amides is 1. The number of alkyl carbamates (subject to hydrolysis) is 1. The lowest BCUT2D eigenvalue weighted by Gasteiger charge is -2.23. The van der Waals surface area contributed by atoms with E-state index in [1.807, 2.05) is 20.8 Å². The van der Waals surface area contributed by atoms with Gasteiger partial charge in [-0.3, -0.25) is 4.99 Å². The number of hydrogen-bond donors (Lipinski definition) is 2. The zero-order chi connectivity index (χ0) is 22.5. The summed E-state index contributed by atoms with van der Waals surface area (Å²) in [4.78, 5) is 18.6. The number of rotatable bonds is 5. The van der Waals surface area contributed by atoms with Crippen molar-refractivity contribution in [3.63, 3.8) is 0 Å². The van der Waals surface area contributed by atoms with E-state index < -0.39 is 21.7 Å². The van der Waals surface area contributed by atoms with Gasteiger partial charge in [-0.05, 0) is 44.9 Å². The molecule has 1 unspecified atom stereocenters. The summed E-state index contributed by atoms with van der Waals surface area (Å²) in [6, 6.07) is 6.77. The van der Waals surface area contributed by atoms with Crippen LogP contribution in [0.2, 0.25) is 0 Å². The molecule has 0 radical (unpaired) electrons. The number of hydrogen-bond acceptors (Lipinski definition) is 5. The van der Waals surface area contributed by atoms with E-state index in [0.29, 0.717) is 13.1 Å². The molecule has 31 heavy (non-hydrogen) atoms. The number of likely N-dealkylation sites (tertiary alicyclic amines) is 1. The van der Waals surface area contributed by atoms with E-state index in [9.17, 15) is 13.2 Å². The van der Waals surface area contributed by atoms with Gasteiger partial charge in [0.1, 0.15) is 5.60 Å². The van der Waals surface area contributed by atoms with E-state index in [-0.39, 0.29) is 34.9 Å². The number of halogens is 1. The van der Waals surface area contributed by atoms with Gasteiger partial charge in [-0.15, -0.1) is 24.0 Å². The molecule has 9 nitrogen and oxygen atoms in total. The summed E-state index contributed by atoms with van der Waals surface area (Å²) in [5.74, 6) is 0.730. The lowest BCUT2D eigenvalue weighted by Crippen LogP contribution is -2.44. The highest BCUT2D eigenvalue weighted by Crippen LogP contribution is 2.15. The molecule has 0 bridgehead atoms. The van der Waals surface area contributed by atoms with Crippen molar-refractivity contribution in [2.24, 2.45) is 4.99 Å². The topological polar surface area (TPSA) is 103 Å². The van der Waals surface area contributed by atoms with Crippen LogP contribution in [0.3, 0.4) is 0 Å². The van der Waals surface area contributed by atoms with Crippen molar-refractivity contribution in [2.75, 3.05) is 34.2 Å². The van der Waals surface area contributed by atoms with Crippen molar-refractivity contribution in [3.8, 4) is 0 Å². The molecular formula is C20H34IN5O4S. The maximum atomic E-state index is 12.2. The summed E-state index contributed by atoms with van der Waals surface area (Å²) in [6.45, 7) is 7.42. The first kappa shape index (κ1) is 27.4. The number of nitrogens with one attached hydrogen (secondary N) is 2. The number of sulfonamides is 1. The summed E-state index contributed by atoms with van der Waals surface area (Å²) >= 11 is 0. The van der Waals surface area contributed by atoms with Crippen LogP contribution >= 0.6 is 24.0 Å². The molecule has 1 fully saturated rings. The number of carbonyl (C=O) groups excluding carboxylic acids is 1. The van der Waals surface area contributed by atoms with Crippen LogP contribution in [0.25, 0.3) is 0 Å². The third-order valence-corrected chi connectivity index (χ3v) is 6.40. The van der Waals surface area contributed by atoms with Gasteiger partial charge in [0.05, 0.1) is 10.9 Å². The van der Waals surface area contributed by atoms with Crippen LogP contribution in [0.1, 0.15) is 32.8 Å². The Labute approximate surface area is 202 Å². The zero-order valence-corrected chi connectivity index (χ0v) is 22.2. The van der Waals surface area contributed by atoms with E-state index in [2.05, 4.69) is 20.5 Å². The van der Waals surface area contributed by atoms with Gasteiger partial charge in [0, 0.05) is 40.8 Å². The Balaban J connectivity index is 0.00000480. The third kappa shape index (κ3) is 8.11. The predicted molar refractivity (Wildman–Crippen MR) is 132 cm³/mol. The van der Waals surface area contributed by atoms with E-state index in [4.69, 9.17) is 4.74 Å². The lowest BCUT2D eigenvalue weighted by atomic mass is 10.2. The molecule has 1 aliphatic rings. The van der Waals surface area contributed by atoms with Crippen molar-refractivity contribution < 1.29 is 17.9 Å². The largest absolute Gasteiger partial charge is 0.444 e. The summed E-state index contributed by atoms with van der Waals surface area (Å²) in [5, 5.41) is 6.19. The maximum Gasteiger partial charge on any atom is 0.407 e. The molecule has 1 aromatic rings. The Morgan fingerprint density at radius 1 is 1.26 bits per heavy atom. The summed E-state index contributed by atoms with van der Waals surface area (Å²) in [7, 11) is 1.30. The first-order valence-electron chi connectivity index (χ1n) is 9.89. The summed E-state index contributed by atoms with van der Waals surface area (Å²) in [6.07, 6.45) is 0.391. The standard InChI is InChI=1S/C20H33N5O4S.HI/c1-20(2,3)29-19(26)23-16-11-12-25(14-16)18(21-4)22-13-15-7-9-17(10-8-15)30(27,28)24(5)6;/h7-10,16H,11-14H2,1-6H3,(H,21,22)(H,23,26);1H. The van der Waals surface area contributed by atoms with E-state index >= 15 is 0 Å². The first-order chi connectivity index (χ1) is 13.9. The van der Waals surface area contributed by atoms with Gasteiger partial charge >= 0.3 is 6.09 Å². The SMILES string of the molecule is CN=C(NCc1ccc(S(=O)(=O)N(C)C)cc1)N1CCC(NC(=O)OC(C)(C)C)C1.I. The molecule has 0 saturated carbocycles. The molecule has 2 rings (SSSR count).